The Labute approximate surface area is 240 Å². The lowest BCUT2D eigenvalue weighted by Gasteiger charge is -2.13. The van der Waals surface area contributed by atoms with Crippen LogP contribution in [-0.4, -0.2) is 52.9 Å². The molecule has 4 aromatic rings. The molecule has 14 heteroatoms. The highest BCUT2D eigenvalue weighted by atomic mass is 19.3. The quantitative estimate of drug-likeness (QED) is 0.216. The molecule has 1 aliphatic carbocycles. The summed E-state index contributed by atoms with van der Waals surface area (Å²) in [5, 5.41) is 21.4. The molecule has 2 N–H and O–H groups in total. The van der Waals surface area contributed by atoms with Crippen molar-refractivity contribution < 1.29 is 23.1 Å². The number of nitrogens with zero attached hydrogens (tertiary/aromatic N) is 7. The molecule has 1 aliphatic rings. The van der Waals surface area contributed by atoms with Gasteiger partial charge in [0, 0.05) is 32.8 Å². The number of pyridine rings is 1. The molecule has 5 rings (SSSR count). The number of halogens is 2. The standard InChI is InChI=1S/C28H31F2N9O3/c1-28(29,30)42-23-6-4-5-19(13-23)15-32-26(40)24-17-38(36-34-24)11-2-3-12-39-18-25(35-37-39)27(41)33-16-22-14-21(9-10-31-22)20-7-8-20/h4-6,9-10,13-14,17-18,20H,2-3,7-8,11-12,15-16H2,1H3,(H,32,40)(H,33,41). The Morgan fingerprint density at radius 3 is 2.21 bits per heavy atom. The third-order valence-corrected chi connectivity index (χ3v) is 6.54. The van der Waals surface area contributed by atoms with Crippen molar-refractivity contribution in [2.45, 2.75) is 70.8 Å². The normalized spacial score (nSPS) is 13.1. The van der Waals surface area contributed by atoms with E-state index in [0.29, 0.717) is 38.0 Å². The summed E-state index contributed by atoms with van der Waals surface area (Å²) in [5.41, 5.74) is 3.06. The third-order valence-electron chi connectivity index (χ3n) is 6.54. The van der Waals surface area contributed by atoms with Crippen LogP contribution >= 0.6 is 0 Å². The summed E-state index contributed by atoms with van der Waals surface area (Å²) in [5.74, 6) is -0.115. The van der Waals surface area contributed by atoms with Crippen LogP contribution in [0.3, 0.4) is 0 Å². The number of hydrogen-bond donors (Lipinski definition) is 2. The van der Waals surface area contributed by atoms with Gasteiger partial charge in [-0.15, -0.1) is 10.2 Å². The zero-order chi connectivity index (χ0) is 29.5. The number of rotatable bonds is 14. The van der Waals surface area contributed by atoms with Gasteiger partial charge in [-0.3, -0.25) is 23.9 Å². The summed E-state index contributed by atoms with van der Waals surface area (Å²) < 4.78 is 33.9. The molecule has 0 spiro atoms. The maximum Gasteiger partial charge on any atom is 0.394 e. The van der Waals surface area contributed by atoms with E-state index in [9.17, 15) is 18.4 Å². The van der Waals surface area contributed by atoms with E-state index in [4.69, 9.17) is 0 Å². The Hall–Kier alpha value is -4.75. The molecule has 12 nitrogen and oxygen atoms in total. The number of carbonyl (C=O) groups is 2. The second-order valence-corrected chi connectivity index (χ2v) is 10.2. The van der Waals surface area contributed by atoms with Gasteiger partial charge in [0.2, 0.25) is 0 Å². The van der Waals surface area contributed by atoms with Gasteiger partial charge in [0.1, 0.15) is 5.75 Å². The van der Waals surface area contributed by atoms with Crippen molar-refractivity contribution in [1.29, 1.82) is 0 Å². The van der Waals surface area contributed by atoms with Gasteiger partial charge in [0.25, 0.3) is 11.8 Å². The molecule has 1 fully saturated rings. The van der Waals surface area contributed by atoms with E-state index in [1.165, 1.54) is 30.5 Å². The van der Waals surface area contributed by atoms with Gasteiger partial charge < -0.3 is 15.4 Å². The first-order valence-corrected chi connectivity index (χ1v) is 13.7. The lowest BCUT2D eigenvalue weighted by molar-refractivity contribution is -0.159. The summed E-state index contributed by atoms with van der Waals surface area (Å²) in [4.78, 5) is 29.3. The summed E-state index contributed by atoms with van der Waals surface area (Å²) in [6, 6.07) is 10.2. The highest BCUT2D eigenvalue weighted by Gasteiger charge is 2.24. The monoisotopic (exact) mass is 579 g/mol. The van der Waals surface area contributed by atoms with Gasteiger partial charge in [-0.1, -0.05) is 22.6 Å². The largest absolute Gasteiger partial charge is 0.433 e. The van der Waals surface area contributed by atoms with Crippen LogP contribution in [0.15, 0.2) is 55.0 Å². The predicted octanol–water partition coefficient (Wildman–Crippen LogP) is 3.47. The highest BCUT2D eigenvalue weighted by Crippen LogP contribution is 2.39. The Kier molecular flexibility index (Phi) is 8.79. The van der Waals surface area contributed by atoms with Gasteiger partial charge >= 0.3 is 6.11 Å². The van der Waals surface area contributed by atoms with Gasteiger partial charge in [-0.05, 0) is 67.0 Å². The molecule has 1 saturated carbocycles. The van der Waals surface area contributed by atoms with E-state index in [1.807, 2.05) is 12.1 Å². The number of aromatic nitrogens is 7. The number of benzene rings is 1. The minimum atomic E-state index is -3.30. The molecule has 2 amide bonds. The zero-order valence-corrected chi connectivity index (χ0v) is 23.0. The number of hydrogen-bond acceptors (Lipinski definition) is 8. The lowest BCUT2D eigenvalue weighted by Crippen LogP contribution is -2.23. The van der Waals surface area contributed by atoms with Crippen molar-refractivity contribution in [3.05, 3.63) is 83.2 Å². The van der Waals surface area contributed by atoms with Crippen molar-refractivity contribution >= 4 is 11.8 Å². The van der Waals surface area contributed by atoms with Gasteiger partial charge in [-0.25, -0.2) is 0 Å². The molecule has 0 atom stereocenters. The zero-order valence-electron chi connectivity index (χ0n) is 23.0. The molecule has 0 aliphatic heterocycles. The summed E-state index contributed by atoms with van der Waals surface area (Å²) in [7, 11) is 0. The third kappa shape index (κ3) is 8.38. The van der Waals surface area contributed by atoms with Crippen molar-refractivity contribution in [3.8, 4) is 5.75 Å². The fourth-order valence-electron chi connectivity index (χ4n) is 4.30. The smallest absolute Gasteiger partial charge is 0.394 e. The number of ether oxygens (including phenoxy) is 1. The second-order valence-electron chi connectivity index (χ2n) is 10.2. The molecular weight excluding hydrogens is 548 g/mol. The molecule has 220 valence electrons. The number of alkyl halides is 2. The molecule has 3 aromatic heterocycles. The van der Waals surface area contributed by atoms with Crippen LogP contribution in [0, 0.1) is 0 Å². The predicted molar refractivity (Wildman–Crippen MR) is 146 cm³/mol. The first-order chi connectivity index (χ1) is 20.2. The van der Waals surface area contributed by atoms with Crippen molar-refractivity contribution in [2.24, 2.45) is 0 Å². The minimum absolute atomic E-state index is 0.00763. The van der Waals surface area contributed by atoms with Crippen LogP contribution in [0.4, 0.5) is 8.78 Å². The van der Waals surface area contributed by atoms with Crippen LogP contribution in [-0.2, 0) is 26.2 Å². The molecule has 3 heterocycles. The van der Waals surface area contributed by atoms with Gasteiger partial charge in [0.15, 0.2) is 11.4 Å². The first kappa shape index (κ1) is 28.8. The van der Waals surface area contributed by atoms with E-state index >= 15 is 0 Å². The van der Waals surface area contributed by atoms with Gasteiger partial charge in [0.05, 0.1) is 24.6 Å². The molecule has 0 saturated heterocycles. The van der Waals surface area contributed by atoms with Crippen molar-refractivity contribution in [2.75, 3.05) is 0 Å². The second kappa shape index (κ2) is 12.8. The fourth-order valence-corrected chi connectivity index (χ4v) is 4.30. The van der Waals surface area contributed by atoms with E-state index in [-0.39, 0.29) is 29.6 Å². The number of aryl methyl sites for hydroxylation is 2. The fraction of sp³-hybridized carbons (Fsp3) is 0.393. The molecule has 0 bridgehead atoms. The van der Waals surface area contributed by atoms with Crippen LogP contribution < -0.4 is 15.4 Å². The number of nitrogens with one attached hydrogen (secondary N) is 2. The van der Waals surface area contributed by atoms with Crippen molar-refractivity contribution in [1.82, 2.24) is 45.6 Å². The highest BCUT2D eigenvalue weighted by molar-refractivity contribution is 5.92. The Bertz CT molecular complexity index is 1530. The first-order valence-electron chi connectivity index (χ1n) is 13.7. The van der Waals surface area contributed by atoms with E-state index in [2.05, 4.69) is 41.0 Å². The van der Waals surface area contributed by atoms with E-state index < -0.39 is 12.0 Å². The van der Waals surface area contributed by atoms with Crippen LogP contribution in [0.2, 0.25) is 0 Å². The SMILES string of the molecule is CC(F)(F)Oc1cccc(CNC(=O)c2cn(CCCCn3cc(C(=O)NCc4cc(C5CC5)ccn4)nn3)nn2)c1. The average molecular weight is 580 g/mol. The minimum Gasteiger partial charge on any atom is -0.433 e. The molecule has 0 unspecified atom stereocenters. The van der Waals surface area contributed by atoms with Crippen LogP contribution in [0.5, 0.6) is 5.75 Å². The van der Waals surface area contributed by atoms with Gasteiger partial charge in [-0.2, -0.15) is 8.78 Å². The average Bonchev–Trinajstić information content (AvgIpc) is 3.52. The Morgan fingerprint density at radius 1 is 0.952 bits per heavy atom. The molecule has 42 heavy (non-hydrogen) atoms. The Balaban J connectivity index is 1.01. The van der Waals surface area contributed by atoms with E-state index in [0.717, 1.165) is 18.5 Å². The number of amides is 2. The van der Waals surface area contributed by atoms with Crippen molar-refractivity contribution in [3.63, 3.8) is 0 Å². The lowest BCUT2D eigenvalue weighted by atomic mass is 10.1. The molecule has 0 radical (unpaired) electrons. The van der Waals surface area contributed by atoms with Crippen LogP contribution in [0.1, 0.15) is 76.3 Å². The summed E-state index contributed by atoms with van der Waals surface area (Å²) >= 11 is 0. The Morgan fingerprint density at radius 2 is 1.60 bits per heavy atom. The molecular formula is C28H31F2N9O3. The summed E-state index contributed by atoms with van der Waals surface area (Å²) in [6.07, 6.45) is 5.51. The summed E-state index contributed by atoms with van der Waals surface area (Å²) in [6.45, 7) is 2.18. The van der Waals surface area contributed by atoms with E-state index in [1.54, 1.807) is 40.1 Å². The van der Waals surface area contributed by atoms with Crippen LogP contribution in [0.25, 0.3) is 0 Å². The molecule has 1 aromatic carbocycles. The maximum atomic E-state index is 13.1. The maximum absolute atomic E-state index is 13.1. The topological polar surface area (TPSA) is 142 Å². The number of unbranched alkanes of at least 4 members (excludes halogenated alkanes) is 1. The number of carbonyl (C=O) groups excluding carboxylic acids is 2.